The van der Waals surface area contributed by atoms with Crippen LogP contribution in [-0.2, 0) is 14.3 Å². The number of nitrogens with zero attached hydrogens (tertiary/aromatic N) is 1. The summed E-state index contributed by atoms with van der Waals surface area (Å²) < 4.78 is 15.8. The Bertz CT molecular complexity index is 1520. The predicted molar refractivity (Wildman–Crippen MR) is 148 cm³/mol. The lowest BCUT2D eigenvalue weighted by Crippen LogP contribution is -2.30. The van der Waals surface area contributed by atoms with Crippen LogP contribution in [0.1, 0.15) is 40.0 Å². The molecule has 1 unspecified atom stereocenters. The number of hydrogen-bond donors (Lipinski definition) is 1. The fourth-order valence-corrected chi connectivity index (χ4v) is 5.26. The van der Waals surface area contributed by atoms with Crippen molar-refractivity contribution in [2.45, 2.75) is 19.9 Å². The number of carbonyl (C=O) groups is 3. The number of rotatable bonds is 7. The normalized spacial score (nSPS) is 16.4. The maximum Gasteiger partial charge on any atom is 0.338 e. The van der Waals surface area contributed by atoms with Crippen molar-refractivity contribution in [1.82, 2.24) is 0 Å². The van der Waals surface area contributed by atoms with Crippen LogP contribution in [0.25, 0.3) is 5.76 Å². The molecule has 1 atom stereocenters. The zero-order chi connectivity index (χ0) is 28.4. The summed E-state index contributed by atoms with van der Waals surface area (Å²) in [5.74, 6) is -2.81. The maximum atomic E-state index is 13.6. The number of aliphatic hydroxyl groups excluding tert-OH is 1. The molecule has 4 rings (SSSR count). The number of aryl methyl sites for hydroxylation is 1. The van der Waals surface area contributed by atoms with Gasteiger partial charge in [0.15, 0.2) is 11.5 Å². The minimum absolute atomic E-state index is 0.00478. The topological polar surface area (TPSA) is 102 Å². The summed E-state index contributed by atoms with van der Waals surface area (Å²) in [5.41, 5.74) is 1.63. The summed E-state index contributed by atoms with van der Waals surface area (Å²) in [6, 6.07) is 13.7. The van der Waals surface area contributed by atoms with E-state index in [1.807, 2.05) is 19.1 Å². The van der Waals surface area contributed by atoms with E-state index in [2.05, 4.69) is 0 Å². The first-order valence-electron chi connectivity index (χ1n) is 11.9. The molecule has 0 spiro atoms. The Balaban J connectivity index is 2.01. The fraction of sp³-hybridized carbons (Fsp3) is 0.207. The third-order valence-electron chi connectivity index (χ3n) is 6.36. The van der Waals surface area contributed by atoms with Crippen LogP contribution in [0.15, 0.2) is 60.2 Å². The van der Waals surface area contributed by atoms with Crippen molar-refractivity contribution in [3.8, 4) is 11.5 Å². The number of carbonyl (C=O) groups excluding carboxylic acids is 3. The number of ketones is 1. The Labute approximate surface area is 235 Å². The van der Waals surface area contributed by atoms with E-state index in [4.69, 9.17) is 37.4 Å². The number of methoxy groups -OCH3 is 2. The molecule has 0 aliphatic carbocycles. The molecule has 10 heteroatoms. The second kappa shape index (κ2) is 11.4. The van der Waals surface area contributed by atoms with Crippen LogP contribution in [-0.4, -0.2) is 43.6 Å². The zero-order valence-electron chi connectivity index (χ0n) is 21.6. The standard InChI is InChI=1S/C29H25Cl2NO7/c1-5-39-29(36)16-10-8-11-17(13-16)32-23(18-12-7-6-9-15(18)2)21(25(34)28(32)35)24(33)19-14-20(30)27(38-4)22(31)26(19)37-3/h6-14,23,33H,5H2,1-4H3/b24-21+. The summed E-state index contributed by atoms with van der Waals surface area (Å²) in [5, 5.41) is 11.6. The van der Waals surface area contributed by atoms with Gasteiger partial charge >= 0.3 is 5.97 Å². The molecule has 39 heavy (non-hydrogen) atoms. The summed E-state index contributed by atoms with van der Waals surface area (Å²) in [7, 11) is 2.71. The Morgan fingerprint density at radius 2 is 1.69 bits per heavy atom. The molecule has 8 nitrogen and oxygen atoms in total. The molecule has 0 bridgehead atoms. The minimum Gasteiger partial charge on any atom is -0.507 e. The number of amides is 1. The van der Waals surface area contributed by atoms with Gasteiger partial charge in [-0.3, -0.25) is 14.5 Å². The van der Waals surface area contributed by atoms with E-state index in [1.54, 1.807) is 37.3 Å². The Morgan fingerprint density at radius 1 is 1.00 bits per heavy atom. The first kappa shape index (κ1) is 28.0. The van der Waals surface area contributed by atoms with Crippen LogP contribution >= 0.6 is 23.2 Å². The second-order valence-electron chi connectivity index (χ2n) is 8.58. The smallest absolute Gasteiger partial charge is 0.338 e. The quantitative estimate of drug-likeness (QED) is 0.158. The number of ether oxygens (including phenoxy) is 3. The molecule has 1 aliphatic rings. The maximum absolute atomic E-state index is 13.6. The number of esters is 1. The van der Waals surface area contributed by atoms with Crippen molar-refractivity contribution in [3.63, 3.8) is 0 Å². The van der Waals surface area contributed by atoms with Gasteiger partial charge in [-0.05, 0) is 49.2 Å². The van der Waals surface area contributed by atoms with E-state index >= 15 is 0 Å². The summed E-state index contributed by atoms with van der Waals surface area (Å²) in [4.78, 5) is 40.8. The van der Waals surface area contributed by atoms with Gasteiger partial charge < -0.3 is 19.3 Å². The van der Waals surface area contributed by atoms with Gasteiger partial charge in [0.2, 0.25) is 0 Å². The van der Waals surface area contributed by atoms with Crippen LogP contribution in [0, 0.1) is 6.92 Å². The number of anilines is 1. The largest absolute Gasteiger partial charge is 0.507 e. The summed E-state index contributed by atoms with van der Waals surface area (Å²) >= 11 is 12.8. The van der Waals surface area contributed by atoms with Crippen molar-refractivity contribution in [1.29, 1.82) is 0 Å². The lowest BCUT2D eigenvalue weighted by molar-refractivity contribution is -0.132. The van der Waals surface area contributed by atoms with Crippen molar-refractivity contribution >= 4 is 52.3 Å². The lowest BCUT2D eigenvalue weighted by Gasteiger charge is -2.27. The molecule has 3 aromatic rings. The third-order valence-corrected chi connectivity index (χ3v) is 6.98. The molecule has 1 heterocycles. The number of hydrogen-bond acceptors (Lipinski definition) is 7. The molecule has 0 saturated carbocycles. The lowest BCUT2D eigenvalue weighted by atomic mass is 9.92. The number of aliphatic hydroxyl groups is 1. The Hall–Kier alpha value is -4.01. The van der Waals surface area contributed by atoms with Gasteiger partial charge in [0.25, 0.3) is 11.7 Å². The minimum atomic E-state index is -1.05. The van der Waals surface area contributed by atoms with Crippen LogP contribution in [0.3, 0.4) is 0 Å². The van der Waals surface area contributed by atoms with Gasteiger partial charge in [-0.2, -0.15) is 0 Å². The highest BCUT2D eigenvalue weighted by Gasteiger charge is 2.48. The van der Waals surface area contributed by atoms with E-state index in [-0.39, 0.29) is 50.5 Å². The van der Waals surface area contributed by atoms with E-state index < -0.39 is 29.5 Å². The van der Waals surface area contributed by atoms with Crippen LogP contribution in [0.2, 0.25) is 10.0 Å². The molecule has 1 saturated heterocycles. The highest BCUT2D eigenvalue weighted by atomic mass is 35.5. The van der Waals surface area contributed by atoms with Crippen molar-refractivity contribution in [2.24, 2.45) is 0 Å². The van der Waals surface area contributed by atoms with Crippen molar-refractivity contribution < 1.29 is 33.7 Å². The van der Waals surface area contributed by atoms with E-state index in [1.165, 1.54) is 31.3 Å². The van der Waals surface area contributed by atoms with E-state index in [9.17, 15) is 19.5 Å². The Kier molecular flexibility index (Phi) is 8.18. The van der Waals surface area contributed by atoms with Gasteiger partial charge in [-0.25, -0.2) is 4.79 Å². The van der Waals surface area contributed by atoms with E-state index in [0.29, 0.717) is 5.56 Å². The molecule has 202 valence electrons. The molecule has 0 aromatic heterocycles. The SMILES string of the molecule is CCOC(=O)c1cccc(N2C(=O)C(=O)/C(=C(/O)c3cc(Cl)c(OC)c(Cl)c3OC)C2c2ccccc2C)c1. The van der Waals surface area contributed by atoms with Crippen molar-refractivity contribution in [2.75, 3.05) is 25.7 Å². The zero-order valence-corrected chi connectivity index (χ0v) is 23.1. The highest BCUT2D eigenvalue weighted by Crippen LogP contribution is 2.48. The van der Waals surface area contributed by atoms with Crippen molar-refractivity contribution in [3.05, 3.63) is 92.5 Å². The predicted octanol–water partition coefficient (Wildman–Crippen LogP) is 6.12. The molecule has 1 amide bonds. The number of halogens is 2. The first-order chi connectivity index (χ1) is 18.7. The molecule has 3 aromatic carbocycles. The van der Waals surface area contributed by atoms with Crippen LogP contribution < -0.4 is 14.4 Å². The Morgan fingerprint density at radius 3 is 2.33 bits per heavy atom. The molecule has 1 fully saturated rings. The van der Waals surface area contributed by atoms with Crippen LogP contribution in [0.5, 0.6) is 11.5 Å². The van der Waals surface area contributed by atoms with Gasteiger partial charge in [0, 0.05) is 5.69 Å². The average molecular weight is 570 g/mol. The van der Waals surface area contributed by atoms with Gasteiger partial charge in [-0.1, -0.05) is 53.5 Å². The number of benzene rings is 3. The summed E-state index contributed by atoms with van der Waals surface area (Å²) in [6.07, 6.45) is 0. The highest BCUT2D eigenvalue weighted by molar-refractivity contribution is 6.52. The molecule has 1 aliphatic heterocycles. The first-order valence-corrected chi connectivity index (χ1v) is 12.7. The average Bonchev–Trinajstić information content (AvgIpc) is 3.18. The van der Waals surface area contributed by atoms with Crippen LogP contribution in [0.4, 0.5) is 5.69 Å². The second-order valence-corrected chi connectivity index (χ2v) is 9.37. The van der Waals surface area contributed by atoms with Gasteiger partial charge in [-0.15, -0.1) is 0 Å². The molecular weight excluding hydrogens is 545 g/mol. The van der Waals surface area contributed by atoms with Gasteiger partial charge in [0.05, 0.1) is 48.6 Å². The molecule has 1 N–H and O–H groups in total. The molecular formula is C29H25Cl2NO7. The molecule has 0 radical (unpaired) electrons. The van der Waals surface area contributed by atoms with Gasteiger partial charge in [0.1, 0.15) is 10.8 Å². The monoisotopic (exact) mass is 569 g/mol. The number of Topliss-reactive ketones (excluding diaryl/α,β-unsaturated/α-hetero) is 1. The fourth-order valence-electron chi connectivity index (χ4n) is 4.58. The van der Waals surface area contributed by atoms with E-state index in [0.717, 1.165) is 5.56 Å². The summed E-state index contributed by atoms with van der Waals surface area (Å²) in [6.45, 7) is 3.68. The third kappa shape index (κ3) is 4.93.